The van der Waals surface area contributed by atoms with Crippen LogP contribution in [0.3, 0.4) is 0 Å². The standard InChI is InChI=1S/C28H20Br2N2O3/c1-34-26-14-19(12-22(16-31)28(33)32-24-8-4-7-23(29)15-24)13-25(30)27(26)35-17-18-9-10-20-5-2-3-6-21(20)11-18/h2-15H,17H2,1H3,(H,32,33)/b22-12-. The number of nitrogens with zero attached hydrogens (tertiary/aromatic N) is 1. The molecule has 4 rings (SSSR count). The summed E-state index contributed by atoms with van der Waals surface area (Å²) < 4.78 is 13.1. The summed E-state index contributed by atoms with van der Waals surface area (Å²) >= 11 is 6.91. The first kappa shape index (κ1) is 24.5. The Bertz CT molecular complexity index is 1480. The minimum atomic E-state index is -0.502. The number of methoxy groups -OCH3 is 1. The monoisotopic (exact) mass is 590 g/mol. The number of benzene rings is 4. The summed E-state index contributed by atoms with van der Waals surface area (Å²) in [6, 6.07) is 27.0. The van der Waals surface area contributed by atoms with Crippen LogP contribution in [0.25, 0.3) is 16.8 Å². The van der Waals surface area contributed by atoms with Crippen molar-refractivity contribution in [2.45, 2.75) is 6.61 Å². The third-order valence-corrected chi connectivity index (χ3v) is 6.29. The summed E-state index contributed by atoms with van der Waals surface area (Å²) in [5.74, 6) is 0.517. The lowest BCUT2D eigenvalue weighted by Crippen LogP contribution is -2.13. The maximum atomic E-state index is 12.6. The van der Waals surface area contributed by atoms with Gasteiger partial charge in [0.25, 0.3) is 5.91 Å². The molecule has 0 aliphatic rings. The van der Waals surface area contributed by atoms with Gasteiger partial charge >= 0.3 is 0 Å². The van der Waals surface area contributed by atoms with Crippen molar-refractivity contribution in [3.8, 4) is 17.6 Å². The molecule has 0 unspecified atom stereocenters. The van der Waals surface area contributed by atoms with Gasteiger partial charge in [-0.25, -0.2) is 0 Å². The molecule has 1 N–H and O–H groups in total. The van der Waals surface area contributed by atoms with Crippen molar-refractivity contribution in [2.75, 3.05) is 12.4 Å². The molecule has 0 aliphatic heterocycles. The highest BCUT2D eigenvalue weighted by atomic mass is 79.9. The predicted molar refractivity (Wildman–Crippen MR) is 145 cm³/mol. The van der Waals surface area contributed by atoms with Crippen molar-refractivity contribution in [1.82, 2.24) is 0 Å². The number of hydrogen-bond donors (Lipinski definition) is 1. The smallest absolute Gasteiger partial charge is 0.266 e. The van der Waals surface area contributed by atoms with Gasteiger partial charge in [-0.05, 0) is 80.3 Å². The molecule has 0 spiro atoms. The minimum Gasteiger partial charge on any atom is -0.493 e. The molecule has 0 saturated heterocycles. The second-order valence-electron chi connectivity index (χ2n) is 7.64. The first-order chi connectivity index (χ1) is 17.0. The number of nitrogens with one attached hydrogen (secondary N) is 1. The van der Waals surface area contributed by atoms with Gasteiger partial charge in [-0.1, -0.05) is 58.4 Å². The topological polar surface area (TPSA) is 71.3 Å². The number of carbonyl (C=O) groups excluding carboxylic acids is 1. The summed E-state index contributed by atoms with van der Waals surface area (Å²) in [5.41, 5.74) is 2.19. The highest BCUT2D eigenvalue weighted by Gasteiger charge is 2.14. The molecule has 0 fully saturated rings. The normalized spacial score (nSPS) is 11.1. The molecule has 0 saturated carbocycles. The Labute approximate surface area is 220 Å². The van der Waals surface area contributed by atoms with Gasteiger partial charge in [0, 0.05) is 10.2 Å². The molecular weight excluding hydrogens is 572 g/mol. The number of ether oxygens (including phenoxy) is 2. The van der Waals surface area contributed by atoms with Gasteiger partial charge in [0.15, 0.2) is 11.5 Å². The number of nitriles is 1. The van der Waals surface area contributed by atoms with Crippen LogP contribution in [0.15, 0.2) is 93.4 Å². The molecule has 4 aromatic rings. The van der Waals surface area contributed by atoms with E-state index in [1.54, 1.807) is 37.4 Å². The molecule has 174 valence electrons. The van der Waals surface area contributed by atoms with Crippen LogP contribution in [-0.2, 0) is 11.4 Å². The van der Waals surface area contributed by atoms with E-state index >= 15 is 0 Å². The van der Waals surface area contributed by atoms with Gasteiger partial charge in [-0.15, -0.1) is 0 Å². The van der Waals surface area contributed by atoms with Gasteiger partial charge in [-0.2, -0.15) is 5.26 Å². The molecule has 0 heterocycles. The lowest BCUT2D eigenvalue weighted by atomic mass is 10.1. The SMILES string of the molecule is COc1cc(/C=C(/C#N)C(=O)Nc2cccc(Br)c2)cc(Br)c1OCc1ccc2ccccc2c1. The molecule has 35 heavy (non-hydrogen) atoms. The molecule has 1 amide bonds. The van der Waals surface area contributed by atoms with Gasteiger partial charge < -0.3 is 14.8 Å². The number of halogens is 2. The molecule has 0 aliphatic carbocycles. The van der Waals surface area contributed by atoms with Gasteiger partial charge in [0.1, 0.15) is 18.2 Å². The molecule has 0 atom stereocenters. The third kappa shape index (κ3) is 6.10. The van der Waals surface area contributed by atoms with Crippen LogP contribution in [-0.4, -0.2) is 13.0 Å². The van der Waals surface area contributed by atoms with E-state index in [1.165, 1.54) is 11.5 Å². The van der Waals surface area contributed by atoms with Crippen LogP contribution in [0.1, 0.15) is 11.1 Å². The van der Waals surface area contributed by atoms with E-state index in [4.69, 9.17) is 9.47 Å². The fourth-order valence-corrected chi connectivity index (χ4v) is 4.50. The van der Waals surface area contributed by atoms with Crippen LogP contribution >= 0.6 is 31.9 Å². The lowest BCUT2D eigenvalue weighted by Gasteiger charge is -2.14. The molecular formula is C28H20Br2N2O3. The van der Waals surface area contributed by atoms with E-state index in [9.17, 15) is 10.1 Å². The van der Waals surface area contributed by atoms with E-state index in [-0.39, 0.29) is 5.57 Å². The average Bonchev–Trinajstić information content (AvgIpc) is 2.86. The Morgan fingerprint density at radius 3 is 2.54 bits per heavy atom. The van der Waals surface area contributed by atoms with E-state index in [0.29, 0.717) is 33.8 Å². The maximum Gasteiger partial charge on any atom is 0.266 e. The molecule has 0 bridgehead atoms. The second-order valence-corrected chi connectivity index (χ2v) is 9.41. The quantitative estimate of drug-likeness (QED) is 0.178. The maximum absolute atomic E-state index is 12.6. The van der Waals surface area contributed by atoms with E-state index in [0.717, 1.165) is 15.4 Å². The van der Waals surface area contributed by atoms with E-state index in [2.05, 4.69) is 61.4 Å². The number of fused-ring (bicyclic) bond motifs is 1. The van der Waals surface area contributed by atoms with E-state index < -0.39 is 5.91 Å². The zero-order valence-electron chi connectivity index (χ0n) is 18.7. The van der Waals surface area contributed by atoms with Crippen molar-refractivity contribution in [3.05, 3.63) is 105 Å². The zero-order chi connectivity index (χ0) is 24.8. The molecule has 7 heteroatoms. The Morgan fingerprint density at radius 1 is 1.00 bits per heavy atom. The number of rotatable bonds is 7. The summed E-state index contributed by atoms with van der Waals surface area (Å²) in [7, 11) is 1.54. The average molecular weight is 592 g/mol. The van der Waals surface area contributed by atoms with Crippen LogP contribution in [0.2, 0.25) is 0 Å². The molecule has 0 radical (unpaired) electrons. The van der Waals surface area contributed by atoms with Gasteiger partial charge in [0.2, 0.25) is 0 Å². The molecule has 5 nitrogen and oxygen atoms in total. The van der Waals surface area contributed by atoms with Crippen molar-refractivity contribution in [2.24, 2.45) is 0 Å². The van der Waals surface area contributed by atoms with Crippen molar-refractivity contribution in [1.29, 1.82) is 5.26 Å². The van der Waals surface area contributed by atoms with Crippen molar-refractivity contribution < 1.29 is 14.3 Å². The van der Waals surface area contributed by atoms with Gasteiger partial charge in [0.05, 0.1) is 11.6 Å². The van der Waals surface area contributed by atoms with Gasteiger partial charge in [-0.3, -0.25) is 4.79 Å². The summed E-state index contributed by atoms with van der Waals surface area (Å²) in [6.45, 7) is 0.355. The highest BCUT2D eigenvalue weighted by molar-refractivity contribution is 9.10. The number of anilines is 1. The van der Waals surface area contributed by atoms with Crippen LogP contribution in [0.4, 0.5) is 5.69 Å². The second kappa shape index (κ2) is 11.2. The van der Waals surface area contributed by atoms with Crippen LogP contribution in [0, 0.1) is 11.3 Å². The highest BCUT2D eigenvalue weighted by Crippen LogP contribution is 2.38. The number of carbonyl (C=O) groups is 1. The van der Waals surface area contributed by atoms with Crippen LogP contribution in [0.5, 0.6) is 11.5 Å². The number of amides is 1. The Balaban J connectivity index is 1.54. The molecule has 0 aromatic heterocycles. The van der Waals surface area contributed by atoms with E-state index in [1.807, 2.05) is 30.3 Å². The first-order valence-electron chi connectivity index (χ1n) is 10.6. The summed E-state index contributed by atoms with van der Waals surface area (Å²) in [4.78, 5) is 12.6. The zero-order valence-corrected chi connectivity index (χ0v) is 21.9. The fraction of sp³-hybridized carbons (Fsp3) is 0.0714. The Morgan fingerprint density at radius 2 is 1.80 bits per heavy atom. The Hall–Kier alpha value is -3.60. The predicted octanol–water partition coefficient (Wildman–Crippen LogP) is 7.50. The minimum absolute atomic E-state index is 0.0382. The Kier molecular flexibility index (Phi) is 7.86. The first-order valence-corrected chi connectivity index (χ1v) is 12.2. The lowest BCUT2D eigenvalue weighted by molar-refractivity contribution is -0.112. The van der Waals surface area contributed by atoms with Crippen molar-refractivity contribution in [3.63, 3.8) is 0 Å². The molecule has 4 aromatic carbocycles. The third-order valence-electron chi connectivity index (χ3n) is 5.21. The van der Waals surface area contributed by atoms with Crippen molar-refractivity contribution >= 4 is 60.3 Å². The largest absolute Gasteiger partial charge is 0.493 e. The number of hydrogen-bond acceptors (Lipinski definition) is 4. The fourth-order valence-electron chi connectivity index (χ4n) is 3.53. The summed E-state index contributed by atoms with van der Waals surface area (Å²) in [6.07, 6.45) is 1.51. The summed E-state index contributed by atoms with van der Waals surface area (Å²) in [5, 5.41) is 14.6. The van der Waals surface area contributed by atoms with Crippen LogP contribution < -0.4 is 14.8 Å².